The highest BCUT2D eigenvalue weighted by atomic mass is 79.9. The Balaban J connectivity index is 2.17. The van der Waals surface area contributed by atoms with Crippen LogP contribution in [0.25, 0.3) is 0 Å². The number of rotatable bonds is 5. The molecule has 0 radical (unpaired) electrons. The first kappa shape index (κ1) is 15.1. The Morgan fingerprint density at radius 3 is 2.50 bits per heavy atom. The maximum absolute atomic E-state index is 5.92. The minimum Gasteiger partial charge on any atom is -0.457 e. The van der Waals surface area contributed by atoms with Gasteiger partial charge in [0, 0.05) is 4.47 Å². The molecule has 2 nitrogen and oxygen atoms in total. The Bertz CT molecular complexity index is 581. The zero-order chi connectivity index (χ0) is 14.5. The zero-order valence-electron chi connectivity index (χ0n) is 11.9. The molecule has 0 fully saturated rings. The van der Waals surface area contributed by atoms with E-state index in [4.69, 9.17) is 10.5 Å². The minimum atomic E-state index is 0.497. The van der Waals surface area contributed by atoms with Crippen molar-refractivity contribution >= 4 is 15.9 Å². The monoisotopic (exact) mass is 333 g/mol. The van der Waals surface area contributed by atoms with Crippen LogP contribution in [-0.2, 0) is 6.42 Å². The molecule has 2 rings (SSSR count). The van der Waals surface area contributed by atoms with Crippen LogP contribution in [0.2, 0.25) is 0 Å². The summed E-state index contributed by atoms with van der Waals surface area (Å²) in [6.07, 6.45) is 0.865. The van der Waals surface area contributed by atoms with Gasteiger partial charge in [-0.25, -0.2) is 0 Å². The normalized spacial score (nSPS) is 10.8. The maximum atomic E-state index is 5.92. The van der Waals surface area contributed by atoms with Crippen LogP contribution in [0.4, 0.5) is 0 Å². The van der Waals surface area contributed by atoms with Crippen molar-refractivity contribution in [3.63, 3.8) is 0 Å². The topological polar surface area (TPSA) is 35.2 Å². The predicted octanol–water partition coefficient (Wildman–Crippen LogP) is 4.87. The van der Waals surface area contributed by atoms with E-state index in [0.717, 1.165) is 22.4 Å². The van der Waals surface area contributed by atoms with Crippen LogP contribution in [0, 0.1) is 0 Å². The molecule has 20 heavy (non-hydrogen) atoms. The molecule has 0 aliphatic heterocycles. The van der Waals surface area contributed by atoms with Gasteiger partial charge in [0.05, 0.1) is 0 Å². The highest BCUT2D eigenvalue weighted by Crippen LogP contribution is 2.29. The summed E-state index contributed by atoms with van der Waals surface area (Å²) in [5, 5.41) is 0. The van der Waals surface area contributed by atoms with Gasteiger partial charge in [0.25, 0.3) is 0 Å². The van der Waals surface area contributed by atoms with E-state index < -0.39 is 0 Å². The van der Waals surface area contributed by atoms with E-state index in [1.54, 1.807) is 0 Å². The lowest BCUT2D eigenvalue weighted by Gasteiger charge is -2.11. The Morgan fingerprint density at radius 1 is 1.10 bits per heavy atom. The fraction of sp³-hybridized carbons (Fsp3) is 0.294. The second-order valence-electron chi connectivity index (χ2n) is 5.12. The molecule has 2 aromatic carbocycles. The highest BCUT2D eigenvalue weighted by Gasteiger charge is 2.05. The molecule has 0 aliphatic carbocycles. The number of halogens is 1. The SMILES string of the molecule is CC(C)c1cccc(Oc2ccc(CCN)c(Br)c2)c1. The lowest BCUT2D eigenvalue weighted by molar-refractivity contribution is 0.481. The molecule has 0 spiro atoms. The lowest BCUT2D eigenvalue weighted by atomic mass is 10.0. The summed E-state index contributed by atoms with van der Waals surface area (Å²) in [4.78, 5) is 0. The molecular formula is C17H20BrNO. The van der Waals surface area contributed by atoms with Gasteiger partial charge < -0.3 is 10.5 Å². The molecule has 3 heteroatoms. The van der Waals surface area contributed by atoms with Gasteiger partial charge in [0.2, 0.25) is 0 Å². The third kappa shape index (κ3) is 3.84. The van der Waals surface area contributed by atoms with Crippen molar-refractivity contribution in [1.82, 2.24) is 0 Å². The molecular weight excluding hydrogens is 314 g/mol. The number of nitrogens with two attached hydrogens (primary N) is 1. The van der Waals surface area contributed by atoms with Crippen LogP contribution in [0.15, 0.2) is 46.9 Å². The first-order valence-electron chi connectivity index (χ1n) is 6.86. The van der Waals surface area contributed by atoms with Crippen LogP contribution >= 0.6 is 15.9 Å². The largest absolute Gasteiger partial charge is 0.457 e. The summed E-state index contributed by atoms with van der Waals surface area (Å²) in [6.45, 7) is 5.00. The summed E-state index contributed by atoms with van der Waals surface area (Å²) in [6, 6.07) is 14.3. The van der Waals surface area contributed by atoms with E-state index in [1.807, 2.05) is 24.3 Å². The van der Waals surface area contributed by atoms with Crippen molar-refractivity contribution in [2.45, 2.75) is 26.2 Å². The average Bonchev–Trinajstić information content (AvgIpc) is 2.42. The highest BCUT2D eigenvalue weighted by molar-refractivity contribution is 9.10. The van der Waals surface area contributed by atoms with E-state index in [0.29, 0.717) is 12.5 Å². The van der Waals surface area contributed by atoms with E-state index in [9.17, 15) is 0 Å². The van der Waals surface area contributed by atoms with Gasteiger partial charge in [-0.05, 0) is 54.3 Å². The van der Waals surface area contributed by atoms with Gasteiger partial charge in [-0.2, -0.15) is 0 Å². The zero-order valence-corrected chi connectivity index (χ0v) is 13.5. The first-order valence-corrected chi connectivity index (χ1v) is 7.65. The minimum absolute atomic E-state index is 0.497. The maximum Gasteiger partial charge on any atom is 0.128 e. The fourth-order valence-electron chi connectivity index (χ4n) is 2.02. The van der Waals surface area contributed by atoms with Crippen molar-refractivity contribution in [2.75, 3.05) is 6.54 Å². The van der Waals surface area contributed by atoms with Crippen LogP contribution in [0.5, 0.6) is 11.5 Å². The van der Waals surface area contributed by atoms with Gasteiger partial charge in [0.15, 0.2) is 0 Å². The Hall–Kier alpha value is -1.32. The molecule has 2 N–H and O–H groups in total. The molecule has 0 aromatic heterocycles. The Morgan fingerprint density at radius 2 is 1.85 bits per heavy atom. The van der Waals surface area contributed by atoms with E-state index in [2.05, 4.69) is 48.0 Å². The van der Waals surface area contributed by atoms with Crippen molar-refractivity contribution in [1.29, 1.82) is 0 Å². The van der Waals surface area contributed by atoms with Crippen molar-refractivity contribution in [2.24, 2.45) is 5.73 Å². The molecule has 0 saturated heterocycles. The predicted molar refractivity (Wildman–Crippen MR) is 87.5 cm³/mol. The van der Waals surface area contributed by atoms with Crippen molar-refractivity contribution in [3.8, 4) is 11.5 Å². The third-order valence-electron chi connectivity index (χ3n) is 3.20. The number of ether oxygens (including phenoxy) is 1. The molecule has 0 unspecified atom stereocenters. The summed E-state index contributed by atoms with van der Waals surface area (Å²) in [7, 11) is 0. The lowest BCUT2D eigenvalue weighted by Crippen LogP contribution is -2.03. The summed E-state index contributed by atoms with van der Waals surface area (Å²) < 4.78 is 6.96. The number of hydrogen-bond donors (Lipinski definition) is 1. The first-order chi connectivity index (χ1) is 9.60. The van der Waals surface area contributed by atoms with Crippen LogP contribution in [0.1, 0.15) is 30.9 Å². The second-order valence-corrected chi connectivity index (χ2v) is 5.98. The van der Waals surface area contributed by atoms with Gasteiger partial charge in [0.1, 0.15) is 11.5 Å². The van der Waals surface area contributed by atoms with Gasteiger partial charge in [-0.1, -0.05) is 48.0 Å². The van der Waals surface area contributed by atoms with Crippen LogP contribution in [0.3, 0.4) is 0 Å². The average molecular weight is 334 g/mol. The molecule has 0 atom stereocenters. The van der Waals surface area contributed by atoms with Crippen LogP contribution < -0.4 is 10.5 Å². The number of hydrogen-bond acceptors (Lipinski definition) is 2. The molecule has 0 bridgehead atoms. The quantitative estimate of drug-likeness (QED) is 0.847. The summed E-state index contributed by atoms with van der Waals surface area (Å²) in [5.74, 6) is 2.20. The Labute approximate surface area is 129 Å². The molecule has 106 valence electrons. The summed E-state index contributed by atoms with van der Waals surface area (Å²) in [5.41, 5.74) is 8.07. The van der Waals surface area contributed by atoms with Crippen molar-refractivity contribution in [3.05, 3.63) is 58.1 Å². The summed E-state index contributed by atoms with van der Waals surface area (Å²) >= 11 is 3.56. The van der Waals surface area contributed by atoms with E-state index >= 15 is 0 Å². The third-order valence-corrected chi connectivity index (χ3v) is 3.94. The standard InChI is InChI=1S/C17H20BrNO/c1-12(2)14-4-3-5-15(10-14)20-16-7-6-13(8-9-19)17(18)11-16/h3-7,10-12H,8-9,19H2,1-2H3. The molecule has 0 amide bonds. The van der Waals surface area contributed by atoms with Crippen LogP contribution in [-0.4, -0.2) is 6.54 Å². The Kier molecular flexibility index (Phi) is 5.21. The number of benzene rings is 2. The van der Waals surface area contributed by atoms with Gasteiger partial charge in [-0.3, -0.25) is 0 Å². The molecule has 2 aromatic rings. The van der Waals surface area contributed by atoms with E-state index in [-0.39, 0.29) is 0 Å². The van der Waals surface area contributed by atoms with Crippen molar-refractivity contribution < 1.29 is 4.74 Å². The smallest absolute Gasteiger partial charge is 0.128 e. The molecule has 0 saturated carbocycles. The fourth-order valence-corrected chi connectivity index (χ4v) is 2.58. The van der Waals surface area contributed by atoms with E-state index in [1.165, 1.54) is 11.1 Å². The second kappa shape index (κ2) is 6.91. The molecule has 0 heterocycles. The van der Waals surface area contributed by atoms with Gasteiger partial charge >= 0.3 is 0 Å². The molecule has 0 aliphatic rings. The van der Waals surface area contributed by atoms with Gasteiger partial charge in [-0.15, -0.1) is 0 Å².